The average molecular weight is 506 g/mol. The van der Waals surface area contributed by atoms with Crippen LogP contribution in [0.5, 0.6) is 11.5 Å². The van der Waals surface area contributed by atoms with Crippen molar-refractivity contribution in [1.82, 2.24) is 14.6 Å². The van der Waals surface area contributed by atoms with E-state index in [2.05, 4.69) is 44.6 Å². The van der Waals surface area contributed by atoms with Gasteiger partial charge < -0.3 is 19.7 Å². The first-order chi connectivity index (χ1) is 17.7. The standard InChI is InChI=1S/C26H27N5O4S/c32-25(6-5-17-12-22-23(35-16-34-22)13-21(17)28-33)27-14-18-11-19(18)15-30-7-9-31(10-8-30)26-20-3-1-2-4-24(20)36-29-26/h1-6,12-13,18-19H,7-11,14-16H2,(H,27,32)/b6-5+. The molecule has 0 radical (unpaired) electrons. The first kappa shape index (κ1) is 22.9. The van der Waals surface area contributed by atoms with E-state index < -0.39 is 0 Å². The van der Waals surface area contributed by atoms with Gasteiger partial charge in [-0.25, -0.2) is 0 Å². The molecular weight excluding hydrogens is 478 g/mol. The first-order valence-electron chi connectivity index (χ1n) is 12.2. The summed E-state index contributed by atoms with van der Waals surface area (Å²) in [4.78, 5) is 28.4. The summed E-state index contributed by atoms with van der Waals surface area (Å²) < 4.78 is 16.5. The van der Waals surface area contributed by atoms with Crippen molar-refractivity contribution in [2.24, 2.45) is 17.0 Å². The van der Waals surface area contributed by atoms with Gasteiger partial charge in [-0.3, -0.25) is 9.69 Å². The Morgan fingerprint density at radius 1 is 1.14 bits per heavy atom. The van der Waals surface area contributed by atoms with Gasteiger partial charge in [0.05, 0.1) is 4.70 Å². The molecule has 6 rings (SSSR count). The molecule has 0 spiro atoms. The highest BCUT2D eigenvalue weighted by Gasteiger charge is 2.38. The molecule has 2 unspecified atom stereocenters. The molecule has 1 saturated carbocycles. The fourth-order valence-corrected chi connectivity index (χ4v) is 5.77. The quantitative estimate of drug-likeness (QED) is 0.365. The second-order valence-corrected chi connectivity index (χ2v) is 10.3. The molecule has 1 aromatic heterocycles. The number of fused-ring (bicyclic) bond motifs is 2. The van der Waals surface area contributed by atoms with Gasteiger partial charge >= 0.3 is 0 Å². The van der Waals surface area contributed by atoms with Crippen molar-refractivity contribution in [1.29, 1.82) is 0 Å². The van der Waals surface area contributed by atoms with E-state index in [4.69, 9.17) is 13.8 Å². The fraction of sp³-hybridized carbons (Fsp3) is 0.385. The van der Waals surface area contributed by atoms with E-state index in [1.54, 1.807) is 23.7 Å². The summed E-state index contributed by atoms with van der Waals surface area (Å²) in [6, 6.07) is 11.6. The van der Waals surface area contributed by atoms with Crippen LogP contribution in [0.25, 0.3) is 16.2 Å². The number of nitrogens with one attached hydrogen (secondary N) is 1. The number of hydrogen-bond acceptors (Lipinski definition) is 9. The Morgan fingerprint density at radius 2 is 1.94 bits per heavy atom. The summed E-state index contributed by atoms with van der Waals surface area (Å²) in [7, 11) is 0. The number of nitrogens with zero attached hydrogens (tertiary/aromatic N) is 4. The van der Waals surface area contributed by atoms with Crippen LogP contribution in [0, 0.1) is 16.7 Å². The van der Waals surface area contributed by atoms with Gasteiger partial charge in [0.2, 0.25) is 12.7 Å². The van der Waals surface area contributed by atoms with Crippen molar-refractivity contribution in [2.75, 3.05) is 51.0 Å². The van der Waals surface area contributed by atoms with Gasteiger partial charge in [0.1, 0.15) is 11.5 Å². The third-order valence-electron chi connectivity index (χ3n) is 7.16. The molecule has 2 fully saturated rings. The number of nitroso groups, excluding NO2 is 1. The number of amides is 1. The number of hydrogen-bond donors (Lipinski definition) is 1. The van der Waals surface area contributed by atoms with Gasteiger partial charge in [-0.05, 0) is 59.2 Å². The minimum Gasteiger partial charge on any atom is -0.454 e. The highest BCUT2D eigenvalue weighted by Crippen LogP contribution is 2.40. The molecular formula is C26H27N5O4S. The van der Waals surface area contributed by atoms with Crippen LogP contribution in [0.15, 0.2) is 47.7 Å². The van der Waals surface area contributed by atoms with E-state index in [1.807, 2.05) is 0 Å². The van der Waals surface area contributed by atoms with Crippen molar-refractivity contribution in [3.05, 3.63) is 52.9 Å². The lowest BCUT2D eigenvalue weighted by Gasteiger charge is -2.35. The maximum atomic E-state index is 12.3. The number of aromatic nitrogens is 1. The molecule has 3 heterocycles. The van der Waals surface area contributed by atoms with Gasteiger partial charge in [0, 0.05) is 62.4 Å². The van der Waals surface area contributed by atoms with E-state index in [0.717, 1.165) is 45.0 Å². The second kappa shape index (κ2) is 9.87. The lowest BCUT2D eigenvalue weighted by atomic mass is 10.1. The van der Waals surface area contributed by atoms with Gasteiger partial charge in [0.25, 0.3) is 0 Å². The van der Waals surface area contributed by atoms with Gasteiger partial charge in [0.15, 0.2) is 11.5 Å². The highest BCUT2D eigenvalue weighted by molar-refractivity contribution is 7.13. The average Bonchev–Trinajstić information content (AvgIpc) is 3.27. The molecule has 3 aromatic rings. The predicted octanol–water partition coefficient (Wildman–Crippen LogP) is 4.01. The zero-order valence-electron chi connectivity index (χ0n) is 19.8. The van der Waals surface area contributed by atoms with Gasteiger partial charge in [-0.15, -0.1) is 4.91 Å². The topological polar surface area (TPSA) is 96.4 Å². The molecule has 2 aliphatic heterocycles. The number of benzene rings is 2. The normalized spacial score (nSPS) is 21.3. The highest BCUT2D eigenvalue weighted by atomic mass is 32.1. The van der Waals surface area contributed by atoms with E-state index in [-0.39, 0.29) is 18.4 Å². The molecule has 2 aromatic carbocycles. The molecule has 10 heteroatoms. The largest absolute Gasteiger partial charge is 0.454 e. The third-order valence-corrected chi connectivity index (χ3v) is 7.98. The van der Waals surface area contributed by atoms with Crippen molar-refractivity contribution >= 4 is 45.1 Å². The molecule has 9 nitrogen and oxygen atoms in total. The maximum absolute atomic E-state index is 12.3. The number of ether oxygens (including phenoxy) is 2. The molecule has 36 heavy (non-hydrogen) atoms. The molecule has 1 N–H and O–H groups in total. The zero-order chi connectivity index (χ0) is 24.5. The molecule has 1 amide bonds. The van der Waals surface area contributed by atoms with E-state index in [1.165, 1.54) is 22.2 Å². The fourth-order valence-electron chi connectivity index (χ4n) is 4.97. The van der Waals surface area contributed by atoms with Crippen LogP contribution in [0.2, 0.25) is 0 Å². The first-order valence-corrected chi connectivity index (χ1v) is 13.0. The van der Waals surface area contributed by atoms with Crippen molar-refractivity contribution < 1.29 is 14.3 Å². The summed E-state index contributed by atoms with van der Waals surface area (Å²) in [5, 5.41) is 7.27. The summed E-state index contributed by atoms with van der Waals surface area (Å²) >= 11 is 1.57. The Labute approximate surface area is 212 Å². The number of rotatable bonds is 8. The number of piperazine rings is 1. The monoisotopic (exact) mass is 505 g/mol. The molecule has 1 aliphatic carbocycles. The van der Waals surface area contributed by atoms with Gasteiger partial charge in [-0.2, -0.15) is 4.37 Å². The Balaban J connectivity index is 0.944. The minimum atomic E-state index is -0.181. The smallest absolute Gasteiger partial charge is 0.244 e. The Hall–Kier alpha value is -3.50. The zero-order valence-corrected chi connectivity index (χ0v) is 20.6. The van der Waals surface area contributed by atoms with Crippen LogP contribution >= 0.6 is 11.5 Å². The predicted molar refractivity (Wildman–Crippen MR) is 140 cm³/mol. The minimum absolute atomic E-state index is 0.114. The lowest BCUT2D eigenvalue weighted by molar-refractivity contribution is -0.116. The summed E-state index contributed by atoms with van der Waals surface area (Å²) in [5.74, 6) is 3.11. The Morgan fingerprint density at radius 3 is 2.78 bits per heavy atom. The molecule has 3 aliphatic rings. The van der Waals surface area contributed by atoms with Crippen molar-refractivity contribution in [3.8, 4) is 11.5 Å². The number of carbonyl (C=O) groups is 1. The molecule has 2 atom stereocenters. The molecule has 1 saturated heterocycles. The SMILES string of the molecule is O=Nc1cc2c(cc1/C=C/C(=O)NCC1CC1CN1CCN(c3nsc4ccccc34)CC1)OCO2. The van der Waals surface area contributed by atoms with Crippen molar-refractivity contribution in [2.45, 2.75) is 6.42 Å². The number of anilines is 1. The van der Waals surface area contributed by atoms with E-state index >= 15 is 0 Å². The molecule has 0 bridgehead atoms. The number of carbonyl (C=O) groups excluding carboxylic acids is 1. The van der Waals surface area contributed by atoms with E-state index in [9.17, 15) is 9.70 Å². The van der Waals surface area contributed by atoms with Crippen LogP contribution < -0.4 is 19.7 Å². The van der Waals surface area contributed by atoms with Gasteiger partial charge in [-0.1, -0.05) is 12.1 Å². The van der Waals surface area contributed by atoms with Crippen molar-refractivity contribution in [3.63, 3.8) is 0 Å². The summed E-state index contributed by atoms with van der Waals surface area (Å²) in [6.45, 7) is 5.91. The Bertz CT molecular complexity index is 1320. The van der Waals surface area contributed by atoms with Crippen LogP contribution in [0.3, 0.4) is 0 Å². The van der Waals surface area contributed by atoms with E-state index in [0.29, 0.717) is 35.4 Å². The van der Waals surface area contributed by atoms with Crippen LogP contribution in [0.4, 0.5) is 11.5 Å². The second-order valence-electron chi connectivity index (χ2n) is 9.48. The van der Waals surface area contributed by atoms with Crippen LogP contribution in [-0.4, -0.2) is 61.2 Å². The maximum Gasteiger partial charge on any atom is 0.244 e. The Kier molecular flexibility index (Phi) is 6.28. The molecule has 186 valence electrons. The van der Waals surface area contributed by atoms with Crippen LogP contribution in [0.1, 0.15) is 12.0 Å². The summed E-state index contributed by atoms with van der Waals surface area (Å²) in [5.41, 5.74) is 0.743. The third kappa shape index (κ3) is 4.78. The van der Waals surface area contributed by atoms with Crippen LogP contribution in [-0.2, 0) is 4.79 Å². The lowest BCUT2D eigenvalue weighted by Crippen LogP contribution is -2.47. The summed E-state index contributed by atoms with van der Waals surface area (Å²) in [6.07, 6.45) is 4.16.